The van der Waals surface area contributed by atoms with Crippen LogP contribution in [-0.2, 0) is 16.6 Å². The number of carbonyl (C=O) groups is 1. The van der Waals surface area contributed by atoms with Crippen molar-refractivity contribution in [3.05, 3.63) is 83.7 Å². The lowest BCUT2D eigenvalue weighted by molar-refractivity contribution is 0.0697. The van der Waals surface area contributed by atoms with Crippen LogP contribution in [0.5, 0.6) is 0 Å². The van der Waals surface area contributed by atoms with E-state index >= 15 is 0 Å². The van der Waals surface area contributed by atoms with Crippen molar-refractivity contribution in [2.45, 2.75) is 26.0 Å². The molecule has 0 radical (unpaired) electrons. The van der Waals surface area contributed by atoms with Gasteiger partial charge in [-0.3, -0.25) is 8.78 Å². The second-order valence-corrected chi connectivity index (χ2v) is 9.07. The van der Waals surface area contributed by atoms with Crippen molar-refractivity contribution >= 4 is 27.8 Å². The van der Waals surface area contributed by atoms with E-state index in [1.165, 1.54) is 0 Å². The Kier molecular flexibility index (Phi) is 6.00. The Morgan fingerprint density at radius 3 is 2.52 bits per heavy atom. The van der Waals surface area contributed by atoms with Gasteiger partial charge in [-0.2, -0.15) is 0 Å². The van der Waals surface area contributed by atoms with Crippen molar-refractivity contribution in [1.29, 1.82) is 0 Å². The highest BCUT2D eigenvalue weighted by Gasteiger charge is 2.17. The smallest absolute Gasteiger partial charge is 0.336 e. The maximum Gasteiger partial charge on any atom is 0.336 e. The molecule has 0 aliphatic carbocycles. The highest BCUT2D eigenvalue weighted by Crippen LogP contribution is 2.30. The Morgan fingerprint density at radius 1 is 1.03 bits per heavy atom. The third-order valence-electron chi connectivity index (χ3n) is 5.27. The molecular formula is C25H24N2O3S. The molecule has 0 saturated carbocycles. The lowest BCUT2D eigenvalue weighted by atomic mass is 9.95. The lowest BCUT2D eigenvalue weighted by Gasteiger charge is -2.14. The van der Waals surface area contributed by atoms with E-state index in [1.807, 2.05) is 68.4 Å². The number of carboxylic acid groups (broad SMARTS) is 1. The summed E-state index contributed by atoms with van der Waals surface area (Å²) in [6, 6.07) is 20.9. The fourth-order valence-electron chi connectivity index (χ4n) is 3.90. The summed E-state index contributed by atoms with van der Waals surface area (Å²) < 4.78 is 14.5. The minimum atomic E-state index is -0.978. The molecule has 0 saturated heterocycles. The Labute approximate surface area is 183 Å². The Morgan fingerprint density at radius 2 is 1.77 bits per heavy atom. The molecule has 4 aromatic rings. The van der Waals surface area contributed by atoms with Crippen molar-refractivity contribution < 1.29 is 14.1 Å². The van der Waals surface area contributed by atoms with Crippen molar-refractivity contribution in [2.75, 3.05) is 5.75 Å². The summed E-state index contributed by atoms with van der Waals surface area (Å²) in [5.74, 6) is 0.865. The molecule has 1 N–H and O–H groups in total. The minimum Gasteiger partial charge on any atom is -0.478 e. The number of fused-ring (bicyclic) bond motifs is 1. The van der Waals surface area contributed by atoms with Crippen molar-refractivity contribution in [1.82, 2.24) is 9.55 Å². The van der Waals surface area contributed by atoms with Crippen LogP contribution in [0, 0.1) is 6.92 Å². The summed E-state index contributed by atoms with van der Waals surface area (Å²) in [6.07, 6.45) is 0.865. The van der Waals surface area contributed by atoms with Gasteiger partial charge in [-0.25, -0.2) is 9.78 Å². The fraction of sp³-hybridized carbons (Fsp3) is 0.200. The molecule has 0 fully saturated rings. The van der Waals surface area contributed by atoms with E-state index in [9.17, 15) is 14.1 Å². The molecular weight excluding hydrogens is 408 g/mol. The average molecular weight is 433 g/mol. The number of hydrogen-bond acceptors (Lipinski definition) is 3. The first-order valence-corrected chi connectivity index (χ1v) is 11.7. The van der Waals surface area contributed by atoms with Crippen molar-refractivity contribution in [3.8, 4) is 16.8 Å². The quantitative estimate of drug-likeness (QED) is 0.427. The van der Waals surface area contributed by atoms with Crippen LogP contribution >= 0.6 is 0 Å². The van der Waals surface area contributed by atoms with Crippen LogP contribution in [0.3, 0.4) is 0 Å². The topological polar surface area (TPSA) is 72.2 Å². The minimum absolute atomic E-state index is 0.280. The predicted octanol–water partition coefficient (Wildman–Crippen LogP) is 5.36. The third-order valence-corrected chi connectivity index (χ3v) is 6.71. The molecule has 3 aromatic carbocycles. The van der Waals surface area contributed by atoms with Gasteiger partial charge in [0.05, 0.1) is 22.3 Å². The molecule has 1 atom stereocenters. The number of benzene rings is 3. The molecule has 1 aromatic heterocycles. The number of nitrogens with zero attached hydrogens (tertiary/aromatic N) is 2. The lowest BCUT2D eigenvalue weighted by Crippen LogP contribution is -2.07. The summed E-state index contributed by atoms with van der Waals surface area (Å²) in [5, 5.41) is 9.56. The molecule has 0 amide bonds. The van der Waals surface area contributed by atoms with Gasteiger partial charge in [0.2, 0.25) is 0 Å². The molecule has 0 aliphatic rings. The number of carboxylic acids is 1. The largest absolute Gasteiger partial charge is 0.478 e. The predicted molar refractivity (Wildman–Crippen MR) is 125 cm³/mol. The van der Waals surface area contributed by atoms with Crippen molar-refractivity contribution in [2.24, 2.45) is 0 Å². The Balaban J connectivity index is 1.83. The normalized spacial score (nSPS) is 12.2. The first-order chi connectivity index (χ1) is 15.0. The number of rotatable bonds is 7. The maximum absolute atomic E-state index is 12.5. The number of imidazole rings is 1. The highest BCUT2D eigenvalue weighted by atomic mass is 32.2. The van der Waals surface area contributed by atoms with Crippen molar-refractivity contribution in [3.63, 3.8) is 0 Å². The van der Waals surface area contributed by atoms with E-state index in [2.05, 4.69) is 4.57 Å². The highest BCUT2D eigenvalue weighted by molar-refractivity contribution is 7.84. The number of aromatic nitrogens is 2. The number of aromatic carboxylic acids is 1. The van der Waals surface area contributed by atoms with Gasteiger partial charge in [-0.05, 0) is 60.4 Å². The zero-order chi connectivity index (χ0) is 22.0. The van der Waals surface area contributed by atoms with Crippen LogP contribution in [0.2, 0.25) is 0 Å². The van der Waals surface area contributed by atoms with Gasteiger partial charge in [-0.15, -0.1) is 0 Å². The number of aryl methyl sites for hydroxylation is 1. The molecule has 158 valence electrons. The Hall–Kier alpha value is -3.25. The monoisotopic (exact) mass is 432 g/mol. The molecule has 4 rings (SSSR count). The zero-order valence-electron chi connectivity index (χ0n) is 17.5. The van der Waals surface area contributed by atoms with Gasteiger partial charge in [0.15, 0.2) is 0 Å². The van der Waals surface area contributed by atoms with Gasteiger partial charge in [0.1, 0.15) is 5.82 Å². The summed E-state index contributed by atoms with van der Waals surface area (Å²) in [5.41, 5.74) is 5.56. The first kappa shape index (κ1) is 21.0. The van der Waals surface area contributed by atoms with E-state index in [0.717, 1.165) is 40.1 Å². The molecule has 5 nitrogen and oxygen atoms in total. The van der Waals surface area contributed by atoms with E-state index in [-0.39, 0.29) is 5.56 Å². The van der Waals surface area contributed by atoms with Crippen LogP contribution in [-0.4, -0.2) is 30.6 Å². The maximum atomic E-state index is 12.5. The van der Waals surface area contributed by atoms with Gasteiger partial charge < -0.3 is 5.11 Å². The van der Waals surface area contributed by atoms with Gasteiger partial charge in [0, 0.05) is 22.2 Å². The first-order valence-electron chi connectivity index (χ1n) is 10.2. The van der Waals surface area contributed by atoms with Gasteiger partial charge >= 0.3 is 5.97 Å². The molecule has 0 spiro atoms. The van der Waals surface area contributed by atoms with Gasteiger partial charge in [-0.1, -0.05) is 43.3 Å². The SMILES string of the molecule is CCCS(=O)Cc1nc2ccccc2n1-c1ccc(-c2ccccc2C(=O)O)c(C)c1. The van der Waals surface area contributed by atoms with Crippen LogP contribution in [0.25, 0.3) is 27.8 Å². The molecule has 1 heterocycles. The zero-order valence-corrected chi connectivity index (χ0v) is 18.4. The summed E-state index contributed by atoms with van der Waals surface area (Å²) in [6.45, 7) is 4.00. The second kappa shape index (κ2) is 8.86. The van der Waals surface area contributed by atoms with E-state index in [0.29, 0.717) is 17.1 Å². The third kappa shape index (κ3) is 4.16. The van der Waals surface area contributed by atoms with Gasteiger partial charge in [0.25, 0.3) is 0 Å². The Bertz CT molecular complexity index is 1290. The summed E-state index contributed by atoms with van der Waals surface area (Å²) in [4.78, 5) is 16.4. The van der Waals surface area contributed by atoms with Crippen LogP contribution in [0.1, 0.15) is 35.1 Å². The van der Waals surface area contributed by atoms with Crippen LogP contribution in [0.4, 0.5) is 0 Å². The molecule has 6 heteroatoms. The van der Waals surface area contributed by atoms with E-state index in [4.69, 9.17) is 4.98 Å². The summed E-state index contributed by atoms with van der Waals surface area (Å²) >= 11 is 0. The number of hydrogen-bond donors (Lipinski definition) is 1. The van der Waals surface area contributed by atoms with Crippen LogP contribution in [0.15, 0.2) is 66.7 Å². The van der Waals surface area contributed by atoms with E-state index < -0.39 is 16.8 Å². The molecule has 0 bridgehead atoms. The molecule has 1 unspecified atom stereocenters. The number of para-hydroxylation sites is 2. The standard InChI is InChI=1S/C25H24N2O3S/c1-3-14-31(30)16-24-26-22-10-6-7-11-23(22)27(24)18-12-13-19(17(2)15-18)20-8-4-5-9-21(20)25(28)29/h4-13,15H,3,14,16H2,1-2H3,(H,28,29). The fourth-order valence-corrected chi connectivity index (χ4v) is 4.98. The second-order valence-electron chi connectivity index (χ2n) is 7.49. The average Bonchev–Trinajstić information content (AvgIpc) is 3.11. The molecule has 0 aliphatic heterocycles. The summed E-state index contributed by atoms with van der Waals surface area (Å²) in [7, 11) is -0.978. The van der Waals surface area contributed by atoms with Crippen LogP contribution < -0.4 is 0 Å². The molecule has 31 heavy (non-hydrogen) atoms. The van der Waals surface area contributed by atoms with E-state index in [1.54, 1.807) is 12.1 Å².